The summed E-state index contributed by atoms with van der Waals surface area (Å²) in [5.41, 5.74) is 0. The number of carbonyl (C=O) groups is 2. The number of aliphatic carboxylic acids is 1. The van der Waals surface area contributed by atoms with Gasteiger partial charge in [-0.3, -0.25) is 4.79 Å². The Bertz CT molecular complexity index is 369. The first-order valence-electron chi connectivity index (χ1n) is 7.90. The first-order valence-corrected chi connectivity index (χ1v) is 7.90. The number of nitrogens with zero attached hydrogens (tertiary/aromatic N) is 2. The summed E-state index contributed by atoms with van der Waals surface area (Å²) < 4.78 is 0. The Morgan fingerprint density at radius 2 is 1.45 bits per heavy atom. The summed E-state index contributed by atoms with van der Waals surface area (Å²) in [6.45, 7) is 3.02. The van der Waals surface area contributed by atoms with Crippen molar-refractivity contribution in [1.29, 1.82) is 0 Å². The van der Waals surface area contributed by atoms with Crippen molar-refractivity contribution < 1.29 is 14.7 Å². The largest absolute Gasteiger partial charge is 0.481 e. The molecular weight excluding hydrogens is 256 g/mol. The second kappa shape index (κ2) is 5.62. The van der Waals surface area contributed by atoms with Crippen molar-refractivity contribution in [3.63, 3.8) is 0 Å². The lowest BCUT2D eigenvalue weighted by Gasteiger charge is -2.35. The zero-order valence-electron chi connectivity index (χ0n) is 12.0. The lowest BCUT2D eigenvalue weighted by molar-refractivity contribution is -0.143. The highest BCUT2D eigenvalue weighted by Gasteiger charge is 2.35. The van der Waals surface area contributed by atoms with Crippen molar-refractivity contribution in [3.8, 4) is 0 Å². The molecule has 1 aliphatic heterocycles. The summed E-state index contributed by atoms with van der Waals surface area (Å²) in [4.78, 5) is 27.5. The number of piperidine rings is 1. The summed E-state index contributed by atoms with van der Waals surface area (Å²) in [6, 6.07) is 0.146. The third-order valence-corrected chi connectivity index (χ3v) is 4.74. The molecule has 0 bridgehead atoms. The molecule has 0 aromatic heterocycles. The number of amides is 2. The second-order valence-electron chi connectivity index (χ2n) is 6.67. The van der Waals surface area contributed by atoms with Crippen LogP contribution in [-0.2, 0) is 4.79 Å². The van der Waals surface area contributed by atoms with E-state index >= 15 is 0 Å². The van der Waals surface area contributed by atoms with Gasteiger partial charge in [0.2, 0.25) is 0 Å². The van der Waals surface area contributed by atoms with Crippen molar-refractivity contribution >= 4 is 12.0 Å². The van der Waals surface area contributed by atoms with Crippen LogP contribution in [-0.4, -0.2) is 53.1 Å². The Morgan fingerprint density at radius 1 is 0.950 bits per heavy atom. The third-order valence-electron chi connectivity index (χ3n) is 4.74. The number of carboxylic acid groups (broad SMARTS) is 1. The van der Waals surface area contributed by atoms with Crippen LogP contribution in [0.1, 0.15) is 38.5 Å². The van der Waals surface area contributed by atoms with E-state index in [1.54, 1.807) is 0 Å². The van der Waals surface area contributed by atoms with Gasteiger partial charge in [-0.25, -0.2) is 4.79 Å². The molecule has 5 nitrogen and oxygen atoms in total. The van der Waals surface area contributed by atoms with Crippen molar-refractivity contribution in [2.75, 3.05) is 26.2 Å². The zero-order chi connectivity index (χ0) is 14.1. The van der Waals surface area contributed by atoms with Crippen LogP contribution in [0.25, 0.3) is 0 Å². The Labute approximate surface area is 119 Å². The molecule has 3 fully saturated rings. The van der Waals surface area contributed by atoms with E-state index in [1.165, 1.54) is 25.7 Å². The van der Waals surface area contributed by atoms with Crippen LogP contribution < -0.4 is 0 Å². The lowest BCUT2D eigenvalue weighted by Crippen LogP contribution is -2.48. The maximum absolute atomic E-state index is 12.6. The van der Waals surface area contributed by atoms with Crippen molar-refractivity contribution in [3.05, 3.63) is 0 Å². The molecule has 2 saturated carbocycles. The van der Waals surface area contributed by atoms with Crippen LogP contribution >= 0.6 is 0 Å². The van der Waals surface area contributed by atoms with Crippen molar-refractivity contribution in [2.45, 2.75) is 38.5 Å². The predicted octanol–water partition coefficient (Wildman–Crippen LogP) is 2.02. The molecule has 0 atom stereocenters. The van der Waals surface area contributed by atoms with Crippen LogP contribution in [0.5, 0.6) is 0 Å². The van der Waals surface area contributed by atoms with Crippen LogP contribution in [0, 0.1) is 17.8 Å². The average Bonchev–Trinajstić information content (AvgIpc) is 3.32. The topological polar surface area (TPSA) is 60.9 Å². The maximum Gasteiger partial charge on any atom is 0.320 e. The van der Waals surface area contributed by atoms with Gasteiger partial charge in [-0.05, 0) is 50.4 Å². The summed E-state index contributed by atoms with van der Waals surface area (Å²) in [5, 5.41) is 9.01. The first kappa shape index (κ1) is 13.7. The standard InChI is InChI=1S/C15H24N2O3/c18-14(19)13-5-7-16(8-6-13)15(20)17(9-11-1-2-11)10-12-3-4-12/h11-13H,1-10H2,(H,18,19). The number of hydrogen-bond donors (Lipinski definition) is 1. The number of carbonyl (C=O) groups excluding carboxylic acids is 1. The van der Waals surface area contributed by atoms with Gasteiger partial charge in [0.1, 0.15) is 0 Å². The number of carboxylic acids is 1. The SMILES string of the molecule is O=C(O)C1CCN(C(=O)N(CC2CC2)CC2CC2)CC1. The Morgan fingerprint density at radius 3 is 1.85 bits per heavy atom. The van der Waals surface area contributed by atoms with Gasteiger partial charge in [0, 0.05) is 26.2 Å². The highest BCUT2D eigenvalue weighted by atomic mass is 16.4. The van der Waals surface area contributed by atoms with E-state index in [9.17, 15) is 9.59 Å². The summed E-state index contributed by atoms with van der Waals surface area (Å²) in [6.07, 6.45) is 6.24. The molecule has 0 aromatic carbocycles. The molecule has 5 heteroatoms. The van der Waals surface area contributed by atoms with Gasteiger partial charge in [-0.15, -0.1) is 0 Å². The lowest BCUT2D eigenvalue weighted by atomic mass is 9.97. The molecule has 1 saturated heterocycles. The quantitative estimate of drug-likeness (QED) is 0.838. The first-order chi connectivity index (χ1) is 9.63. The van der Waals surface area contributed by atoms with E-state index in [0.29, 0.717) is 37.8 Å². The van der Waals surface area contributed by atoms with Gasteiger partial charge in [0.15, 0.2) is 0 Å². The number of hydrogen-bond acceptors (Lipinski definition) is 2. The monoisotopic (exact) mass is 280 g/mol. The van der Waals surface area contributed by atoms with E-state index in [1.807, 2.05) is 9.80 Å². The van der Waals surface area contributed by atoms with Gasteiger partial charge >= 0.3 is 12.0 Å². The minimum absolute atomic E-state index is 0.146. The highest BCUT2D eigenvalue weighted by molar-refractivity contribution is 5.75. The zero-order valence-corrected chi connectivity index (χ0v) is 12.0. The summed E-state index contributed by atoms with van der Waals surface area (Å²) in [5.74, 6) is 0.452. The molecule has 2 amide bonds. The van der Waals surface area contributed by atoms with Crippen LogP contribution in [0.3, 0.4) is 0 Å². The van der Waals surface area contributed by atoms with Gasteiger partial charge in [-0.1, -0.05) is 0 Å². The molecule has 2 aliphatic carbocycles. The average molecular weight is 280 g/mol. The second-order valence-corrected chi connectivity index (χ2v) is 6.67. The predicted molar refractivity (Wildman–Crippen MR) is 74.3 cm³/mol. The van der Waals surface area contributed by atoms with Gasteiger partial charge in [-0.2, -0.15) is 0 Å². The maximum atomic E-state index is 12.6. The molecule has 1 heterocycles. The number of urea groups is 1. The Balaban J connectivity index is 1.53. The molecule has 112 valence electrons. The smallest absolute Gasteiger partial charge is 0.320 e. The van der Waals surface area contributed by atoms with Gasteiger partial charge in [0.05, 0.1) is 5.92 Å². The van der Waals surface area contributed by atoms with E-state index < -0.39 is 5.97 Å². The van der Waals surface area contributed by atoms with Crippen LogP contribution in [0.4, 0.5) is 4.79 Å². The van der Waals surface area contributed by atoms with E-state index in [2.05, 4.69) is 0 Å². The third kappa shape index (κ3) is 3.44. The molecule has 20 heavy (non-hydrogen) atoms. The van der Waals surface area contributed by atoms with E-state index in [-0.39, 0.29) is 11.9 Å². The minimum Gasteiger partial charge on any atom is -0.481 e. The highest BCUT2D eigenvalue weighted by Crippen LogP contribution is 2.34. The van der Waals surface area contributed by atoms with Crippen molar-refractivity contribution in [2.24, 2.45) is 17.8 Å². The van der Waals surface area contributed by atoms with Crippen LogP contribution in [0.15, 0.2) is 0 Å². The normalized spacial score (nSPS) is 23.7. The Hall–Kier alpha value is -1.26. The molecule has 3 rings (SSSR count). The number of likely N-dealkylation sites (tertiary alicyclic amines) is 1. The molecule has 0 radical (unpaired) electrons. The molecule has 3 aliphatic rings. The molecular formula is C15H24N2O3. The van der Waals surface area contributed by atoms with Gasteiger partial charge < -0.3 is 14.9 Å². The fourth-order valence-corrected chi connectivity index (χ4v) is 2.97. The molecule has 0 aromatic rings. The molecule has 0 spiro atoms. The van der Waals surface area contributed by atoms with Gasteiger partial charge in [0.25, 0.3) is 0 Å². The summed E-state index contributed by atoms with van der Waals surface area (Å²) in [7, 11) is 0. The summed E-state index contributed by atoms with van der Waals surface area (Å²) >= 11 is 0. The van der Waals surface area contributed by atoms with E-state index in [4.69, 9.17) is 5.11 Å². The fourth-order valence-electron chi connectivity index (χ4n) is 2.97. The Kier molecular flexibility index (Phi) is 3.85. The van der Waals surface area contributed by atoms with E-state index in [0.717, 1.165) is 13.1 Å². The van der Waals surface area contributed by atoms with Crippen LogP contribution in [0.2, 0.25) is 0 Å². The molecule has 0 unspecified atom stereocenters. The fraction of sp³-hybridized carbons (Fsp3) is 0.867. The van der Waals surface area contributed by atoms with Crippen molar-refractivity contribution in [1.82, 2.24) is 9.80 Å². The molecule has 1 N–H and O–H groups in total. The number of rotatable bonds is 5. The minimum atomic E-state index is -0.718.